The number of hydrogen-bond donors (Lipinski definition) is 0. The average Bonchev–Trinajstić information content (AvgIpc) is 3.79. The van der Waals surface area contributed by atoms with Gasteiger partial charge < -0.3 is 0 Å². The van der Waals surface area contributed by atoms with Crippen molar-refractivity contribution < 1.29 is 0 Å². The largest absolute Gasteiger partial charge is 0.188 e. The van der Waals surface area contributed by atoms with Crippen LogP contribution in [0, 0.1) is 0 Å². The van der Waals surface area contributed by atoms with Gasteiger partial charge in [0.2, 0.25) is 0 Å². The van der Waals surface area contributed by atoms with Crippen molar-refractivity contribution in [2.24, 2.45) is 0 Å². The predicted octanol–water partition coefficient (Wildman–Crippen LogP) is 12.8. The topological polar surface area (TPSA) is 0 Å². The zero-order valence-corrected chi connectivity index (χ0v) is 28.6. The van der Waals surface area contributed by atoms with E-state index in [4.69, 9.17) is 23.2 Å². The zero-order valence-electron chi connectivity index (χ0n) is 25.3. The molecule has 6 rings (SSSR count). The second-order valence-electron chi connectivity index (χ2n) is 15.0. The molecule has 0 saturated heterocycles. The van der Waals surface area contributed by atoms with Crippen LogP contribution in [0.25, 0.3) is 0 Å². The molecule has 0 radical (unpaired) electrons. The van der Waals surface area contributed by atoms with Crippen LogP contribution in [0.4, 0.5) is 0 Å². The van der Waals surface area contributed by atoms with E-state index in [0.29, 0.717) is 0 Å². The van der Waals surface area contributed by atoms with Gasteiger partial charge in [0.15, 0.2) is 5.40 Å². The van der Waals surface area contributed by atoms with E-state index in [1.165, 1.54) is 82.6 Å². The molecule has 6 saturated carbocycles. The molecule has 6 fully saturated rings. The van der Waals surface area contributed by atoms with Gasteiger partial charge in [-0.1, -0.05) is 0 Å². The van der Waals surface area contributed by atoms with E-state index in [-0.39, 0.29) is 4.84 Å². The lowest BCUT2D eigenvalue weighted by molar-refractivity contribution is 0.722. The van der Waals surface area contributed by atoms with Crippen molar-refractivity contribution in [1.82, 2.24) is 0 Å². The Hall–Kier alpha value is 1.18. The number of rotatable bonds is 10. The SMILES string of the molecule is CC(=CC([P+](C1CCCC1)(C1CCCC1)C1CCCC1)[P+](C1CCCC1)(C1CCCC1)C1CCCC1)C(Cl)Cl. The van der Waals surface area contributed by atoms with Crippen LogP contribution in [-0.4, -0.2) is 44.2 Å². The van der Waals surface area contributed by atoms with Crippen molar-refractivity contribution in [3.05, 3.63) is 11.6 Å². The molecule has 0 unspecified atom stereocenters. The van der Waals surface area contributed by atoms with Gasteiger partial charge in [-0.15, -0.1) is 23.2 Å². The molecular formula is C35H60Cl2P2+2. The summed E-state index contributed by atoms with van der Waals surface area (Å²) in [4.78, 5) is -0.317. The molecule has 0 aromatic carbocycles. The van der Waals surface area contributed by atoms with Crippen LogP contribution >= 0.6 is 37.7 Å². The van der Waals surface area contributed by atoms with Crippen LogP contribution in [0.5, 0.6) is 0 Å². The van der Waals surface area contributed by atoms with Crippen LogP contribution in [0.2, 0.25) is 0 Å². The van der Waals surface area contributed by atoms with Gasteiger partial charge >= 0.3 is 0 Å². The summed E-state index contributed by atoms with van der Waals surface area (Å²) in [6.07, 6.45) is 40.2. The smallest absolute Gasteiger partial charge is 0.100 e. The minimum Gasteiger partial charge on any atom is -0.100 e. The van der Waals surface area contributed by atoms with E-state index in [1.54, 1.807) is 77.0 Å². The van der Waals surface area contributed by atoms with Crippen molar-refractivity contribution >= 4 is 37.7 Å². The van der Waals surface area contributed by atoms with E-state index < -0.39 is 14.5 Å². The highest BCUT2D eigenvalue weighted by atomic mass is 35.5. The summed E-state index contributed by atoms with van der Waals surface area (Å²) in [6.45, 7) is 2.36. The van der Waals surface area contributed by atoms with Crippen molar-refractivity contribution in [2.75, 3.05) is 0 Å². The van der Waals surface area contributed by atoms with E-state index >= 15 is 0 Å². The third-order valence-electron chi connectivity index (χ3n) is 13.4. The molecule has 6 aliphatic carbocycles. The predicted molar refractivity (Wildman–Crippen MR) is 180 cm³/mol. The molecule has 0 amide bonds. The first-order valence-corrected chi connectivity index (χ1v) is 22.8. The van der Waals surface area contributed by atoms with Crippen molar-refractivity contribution in [2.45, 2.75) is 205 Å². The molecule has 0 heterocycles. The minimum atomic E-state index is -1.27. The first-order valence-electron chi connectivity index (χ1n) is 17.8. The minimum absolute atomic E-state index is 0.317. The third kappa shape index (κ3) is 5.51. The van der Waals surface area contributed by atoms with Gasteiger partial charge in [-0.3, -0.25) is 0 Å². The molecule has 0 N–H and O–H groups in total. The van der Waals surface area contributed by atoms with Crippen molar-refractivity contribution in [1.29, 1.82) is 0 Å². The second-order valence-corrected chi connectivity index (χ2v) is 25.6. The second kappa shape index (κ2) is 13.4. The lowest BCUT2D eigenvalue weighted by atomic mass is 10.3. The third-order valence-corrected chi connectivity index (χ3v) is 29.3. The van der Waals surface area contributed by atoms with Gasteiger partial charge in [-0.2, -0.15) is 0 Å². The van der Waals surface area contributed by atoms with Crippen LogP contribution < -0.4 is 0 Å². The zero-order chi connectivity index (χ0) is 26.9. The number of allylic oxidation sites excluding steroid dienone is 2. The highest BCUT2D eigenvalue weighted by Crippen LogP contribution is 2.95. The molecule has 0 bridgehead atoms. The normalized spacial score (nSPS) is 28.5. The maximum atomic E-state index is 6.85. The summed E-state index contributed by atoms with van der Waals surface area (Å²) in [5, 5.41) is 0.925. The Morgan fingerprint density at radius 3 is 0.846 bits per heavy atom. The number of hydrogen-bond acceptors (Lipinski definition) is 0. The maximum absolute atomic E-state index is 6.85. The summed E-state index contributed by atoms with van der Waals surface area (Å²) in [7, 11) is -2.53. The van der Waals surface area contributed by atoms with Crippen LogP contribution in [0.15, 0.2) is 11.6 Å². The summed E-state index contributed by atoms with van der Waals surface area (Å²) in [5.41, 5.74) is 7.81. The van der Waals surface area contributed by atoms with E-state index in [1.807, 2.05) is 0 Å². The summed E-state index contributed by atoms with van der Waals surface area (Å²) in [5.74, 6) is 0. The van der Waals surface area contributed by atoms with Gasteiger partial charge in [0.25, 0.3) is 0 Å². The summed E-state index contributed by atoms with van der Waals surface area (Å²) < 4.78 is 0. The van der Waals surface area contributed by atoms with Crippen molar-refractivity contribution in [3.8, 4) is 0 Å². The highest BCUT2D eigenvalue weighted by Gasteiger charge is 2.75. The van der Waals surface area contributed by atoms with Crippen LogP contribution in [0.3, 0.4) is 0 Å². The lowest BCUT2D eigenvalue weighted by Gasteiger charge is -2.54. The summed E-state index contributed by atoms with van der Waals surface area (Å²) in [6, 6.07) is 0. The number of halogens is 2. The Bertz CT molecular complexity index is 665. The lowest BCUT2D eigenvalue weighted by Crippen LogP contribution is -2.44. The molecule has 0 aromatic heterocycles. The maximum Gasteiger partial charge on any atom is 0.188 e. The Labute approximate surface area is 253 Å². The molecule has 0 nitrogen and oxygen atoms in total. The fourth-order valence-corrected chi connectivity index (χ4v) is 33.1. The van der Waals surface area contributed by atoms with E-state index in [9.17, 15) is 0 Å². The van der Waals surface area contributed by atoms with Gasteiger partial charge in [0, 0.05) is 0 Å². The molecule has 0 atom stereocenters. The molecule has 0 aromatic rings. The van der Waals surface area contributed by atoms with Gasteiger partial charge in [0.1, 0.15) is 4.84 Å². The first-order chi connectivity index (χ1) is 19.1. The Kier molecular flexibility index (Phi) is 10.4. The summed E-state index contributed by atoms with van der Waals surface area (Å²) >= 11 is 13.7. The monoisotopic (exact) mass is 612 g/mol. The van der Waals surface area contributed by atoms with Gasteiger partial charge in [0.05, 0.1) is 48.5 Å². The fraction of sp³-hybridized carbons (Fsp3) is 0.943. The number of alkyl halides is 2. The molecule has 6 aliphatic rings. The standard InChI is InChI=1S/C35H60Cl2P2/c1-27(35(36)37)26-34(38(28-14-2-3-15-28,29-16-4-5-17-29)30-18-6-7-19-30)39(31-20-8-9-21-31,32-22-10-11-23-32)33-24-12-13-25-33/h26,28-35H,2-25H2,1H3/q+2. The molecule has 39 heavy (non-hydrogen) atoms. The molecule has 0 aliphatic heterocycles. The Balaban J connectivity index is 1.63. The van der Waals surface area contributed by atoms with Crippen LogP contribution in [0.1, 0.15) is 161 Å². The highest BCUT2D eigenvalue weighted by molar-refractivity contribution is 7.95. The molecule has 222 valence electrons. The average molecular weight is 614 g/mol. The molecule has 4 heteroatoms. The van der Waals surface area contributed by atoms with Gasteiger partial charge in [-0.05, 0) is 173 Å². The first kappa shape index (κ1) is 30.2. The van der Waals surface area contributed by atoms with Crippen molar-refractivity contribution in [3.63, 3.8) is 0 Å². The Morgan fingerprint density at radius 1 is 0.462 bits per heavy atom. The Morgan fingerprint density at radius 2 is 0.667 bits per heavy atom. The molecule has 0 spiro atoms. The van der Waals surface area contributed by atoms with Gasteiger partial charge in [-0.25, -0.2) is 0 Å². The van der Waals surface area contributed by atoms with E-state index in [2.05, 4.69) is 13.0 Å². The van der Waals surface area contributed by atoms with Crippen LogP contribution in [-0.2, 0) is 0 Å². The van der Waals surface area contributed by atoms with E-state index in [0.717, 1.165) is 39.4 Å². The fourth-order valence-electron chi connectivity index (χ4n) is 12.1. The molecular weight excluding hydrogens is 553 g/mol. The quantitative estimate of drug-likeness (QED) is 0.131.